The maximum atomic E-state index is 11.2. The van der Waals surface area contributed by atoms with Crippen LogP contribution in [0.1, 0.15) is 6.92 Å². The molecule has 0 amide bonds. The van der Waals surface area contributed by atoms with Crippen molar-refractivity contribution in [3.63, 3.8) is 0 Å². The minimum absolute atomic E-state index is 0.431. The summed E-state index contributed by atoms with van der Waals surface area (Å²) in [6, 6.07) is 0. The number of ether oxygens (including phenoxy) is 1. The van der Waals surface area contributed by atoms with Crippen molar-refractivity contribution in [2.45, 2.75) is 6.92 Å². The van der Waals surface area contributed by atoms with Crippen LogP contribution in [0.5, 0.6) is 0 Å². The van der Waals surface area contributed by atoms with Crippen molar-refractivity contribution in [1.82, 2.24) is 0 Å². The lowest BCUT2D eigenvalue weighted by Crippen LogP contribution is -1.91. The molecule has 1 unspecified atom stereocenters. The van der Waals surface area contributed by atoms with Gasteiger partial charge in [-0.2, -0.15) is 0 Å². The highest BCUT2D eigenvalue weighted by Crippen LogP contribution is 2.63. The van der Waals surface area contributed by atoms with Crippen LogP contribution in [0.4, 0.5) is 0 Å². The first kappa shape index (κ1) is 11.8. The zero-order chi connectivity index (χ0) is 8.74. The topological polar surface area (TPSA) is 35.5 Å². The second kappa shape index (κ2) is 6.38. The summed E-state index contributed by atoms with van der Waals surface area (Å²) in [5, 5.41) is 0. The number of methoxy groups -OCH3 is 1. The fraction of sp³-hybridized carbons (Fsp3) is 1.00. The summed E-state index contributed by atoms with van der Waals surface area (Å²) in [5.41, 5.74) is 0. The lowest BCUT2D eigenvalue weighted by atomic mass is 10.9. The highest BCUT2D eigenvalue weighted by Gasteiger charge is 2.16. The minimum atomic E-state index is -2.69. The van der Waals surface area contributed by atoms with Crippen LogP contribution in [0.3, 0.4) is 0 Å². The summed E-state index contributed by atoms with van der Waals surface area (Å²) in [4.78, 5) is 0. The van der Waals surface area contributed by atoms with E-state index < -0.39 is 5.77 Å². The average Bonchev–Trinajstić information content (AvgIpc) is 1.87. The first-order chi connectivity index (χ1) is 5.12. The van der Waals surface area contributed by atoms with Gasteiger partial charge in [0.05, 0.1) is 13.2 Å². The Hall–Kier alpha value is 0.850. The normalized spacial score (nSPS) is 16.3. The lowest BCUT2D eigenvalue weighted by Gasteiger charge is -2.09. The maximum Gasteiger partial charge on any atom is 0.310 e. The van der Waals surface area contributed by atoms with Crippen LogP contribution < -0.4 is 0 Å². The predicted molar refractivity (Wildman–Crippen MR) is 52.6 cm³/mol. The van der Waals surface area contributed by atoms with E-state index in [9.17, 15) is 4.57 Å². The predicted octanol–water partition coefficient (Wildman–Crippen LogP) is 2.44. The van der Waals surface area contributed by atoms with E-state index in [0.717, 1.165) is 0 Å². The standard InChI is InChI=1S/C5H13O3PS2/c1-3-8-9(6,10)11-5-4-7-2/h3-5H2,1-2H3,(H,6,10). The Morgan fingerprint density at radius 3 is 2.73 bits per heavy atom. The van der Waals surface area contributed by atoms with Crippen LogP contribution in [0.25, 0.3) is 0 Å². The van der Waals surface area contributed by atoms with Gasteiger partial charge in [0.15, 0.2) is 0 Å². The molecule has 0 rings (SSSR count). The number of hydrogen-bond acceptors (Lipinski definition) is 4. The minimum Gasteiger partial charge on any atom is -0.384 e. The Kier molecular flexibility index (Phi) is 6.87. The van der Waals surface area contributed by atoms with Crippen LogP contribution in [0.15, 0.2) is 0 Å². The molecule has 0 aliphatic carbocycles. The molecule has 0 heterocycles. The second-order valence-corrected chi connectivity index (χ2v) is 8.18. The van der Waals surface area contributed by atoms with Gasteiger partial charge in [0.1, 0.15) is 0 Å². The lowest BCUT2D eigenvalue weighted by molar-refractivity contribution is 0.219. The molecular weight excluding hydrogens is 203 g/mol. The van der Waals surface area contributed by atoms with E-state index in [-0.39, 0.29) is 0 Å². The quantitative estimate of drug-likeness (QED) is 0.420. The SMILES string of the molecule is CCOP(=O)(S)SCCOC. The van der Waals surface area contributed by atoms with Gasteiger partial charge in [-0.25, -0.2) is 0 Å². The van der Waals surface area contributed by atoms with Gasteiger partial charge in [-0.05, 0) is 6.92 Å². The Morgan fingerprint density at radius 2 is 2.27 bits per heavy atom. The Balaban J connectivity index is 3.47. The first-order valence-corrected chi connectivity index (χ1v) is 7.60. The molecule has 0 saturated carbocycles. The van der Waals surface area contributed by atoms with E-state index in [1.807, 2.05) is 0 Å². The molecule has 0 N–H and O–H groups in total. The molecule has 3 nitrogen and oxygen atoms in total. The van der Waals surface area contributed by atoms with Crippen molar-refractivity contribution in [3.05, 3.63) is 0 Å². The van der Waals surface area contributed by atoms with Crippen molar-refractivity contribution >= 4 is 29.4 Å². The number of rotatable bonds is 6. The number of hydrogen-bond donors (Lipinski definition) is 1. The van der Waals surface area contributed by atoms with Gasteiger partial charge in [-0.3, -0.25) is 4.57 Å². The molecule has 11 heavy (non-hydrogen) atoms. The molecule has 6 heteroatoms. The van der Waals surface area contributed by atoms with Crippen molar-refractivity contribution in [2.75, 3.05) is 26.1 Å². The Morgan fingerprint density at radius 1 is 1.64 bits per heavy atom. The monoisotopic (exact) mass is 216 g/mol. The van der Waals surface area contributed by atoms with Crippen molar-refractivity contribution < 1.29 is 13.8 Å². The average molecular weight is 216 g/mol. The van der Waals surface area contributed by atoms with Crippen LogP contribution in [-0.2, 0) is 13.8 Å². The molecule has 0 spiro atoms. The summed E-state index contributed by atoms with van der Waals surface area (Å²) < 4.78 is 20.9. The second-order valence-electron chi connectivity index (χ2n) is 1.71. The van der Waals surface area contributed by atoms with Crippen molar-refractivity contribution in [1.29, 1.82) is 0 Å². The molecular formula is C5H13O3PS2. The fourth-order valence-corrected chi connectivity index (χ4v) is 3.85. The van der Waals surface area contributed by atoms with Crippen LogP contribution in [-0.4, -0.2) is 26.1 Å². The molecule has 0 aliphatic heterocycles. The third kappa shape index (κ3) is 7.22. The van der Waals surface area contributed by atoms with Crippen LogP contribution in [0, 0.1) is 0 Å². The summed E-state index contributed by atoms with van der Waals surface area (Å²) >= 11 is 5.08. The molecule has 0 bridgehead atoms. The molecule has 0 aromatic heterocycles. The highest BCUT2D eigenvalue weighted by atomic mass is 33.1. The van der Waals surface area contributed by atoms with E-state index in [1.165, 1.54) is 11.4 Å². The van der Waals surface area contributed by atoms with Gasteiger partial charge in [0, 0.05) is 12.9 Å². The zero-order valence-corrected chi connectivity index (χ0v) is 9.25. The fourth-order valence-electron chi connectivity index (χ4n) is 0.436. The van der Waals surface area contributed by atoms with Gasteiger partial charge in [-0.1, -0.05) is 23.6 Å². The Bertz CT molecular complexity index is 142. The van der Waals surface area contributed by atoms with E-state index in [2.05, 4.69) is 12.2 Å². The van der Waals surface area contributed by atoms with Gasteiger partial charge >= 0.3 is 5.77 Å². The third-order valence-electron chi connectivity index (χ3n) is 0.834. The van der Waals surface area contributed by atoms with E-state index in [0.29, 0.717) is 19.0 Å². The van der Waals surface area contributed by atoms with Crippen LogP contribution in [0.2, 0.25) is 0 Å². The van der Waals surface area contributed by atoms with Gasteiger partial charge < -0.3 is 9.26 Å². The molecule has 0 aromatic rings. The van der Waals surface area contributed by atoms with E-state index in [4.69, 9.17) is 9.26 Å². The third-order valence-corrected chi connectivity index (χ3v) is 5.32. The van der Waals surface area contributed by atoms with E-state index >= 15 is 0 Å². The van der Waals surface area contributed by atoms with Crippen molar-refractivity contribution in [3.8, 4) is 0 Å². The summed E-state index contributed by atoms with van der Waals surface area (Å²) in [5.74, 6) is -2.04. The molecule has 0 aliphatic rings. The van der Waals surface area contributed by atoms with Crippen molar-refractivity contribution in [2.24, 2.45) is 0 Å². The van der Waals surface area contributed by atoms with E-state index in [1.54, 1.807) is 14.0 Å². The summed E-state index contributed by atoms with van der Waals surface area (Å²) in [6.07, 6.45) is 0. The molecule has 0 saturated heterocycles. The zero-order valence-electron chi connectivity index (χ0n) is 6.65. The first-order valence-electron chi connectivity index (χ1n) is 3.23. The summed E-state index contributed by atoms with van der Waals surface area (Å²) in [7, 11) is 1.60. The molecule has 0 aromatic carbocycles. The molecule has 0 fully saturated rings. The molecule has 1 atom stereocenters. The van der Waals surface area contributed by atoms with Crippen LogP contribution >= 0.6 is 29.4 Å². The molecule has 0 radical (unpaired) electrons. The molecule has 68 valence electrons. The maximum absolute atomic E-state index is 11.2. The smallest absolute Gasteiger partial charge is 0.310 e. The van der Waals surface area contributed by atoms with Gasteiger partial charge in [0.25, 0.3) is 0 Å². The number of thiol groups is 1. The largest absolute Gasteiger partial charge is 0.384 e. The van der Waals surface area contributed by atoms with Gasteiger partial charge in [0.2, 0.25) is 0 Å². The van der Waals surface area contributed by atoms with Gasteiger partial charge in [-0.15, -0.1) is 0 Å². The highest BCUT2D eigenvalue weighted by molar-refractivity contribution is 8.84. The Labute approximate surface area is 76.6 Å². The summed E-state index contributed by atoms with van der Waals surface area (Å²) in [6.45, 7) is 2.79.